The van der Waals surface area contributed by atoms with E-state index in [1.807, 2.05) is 12.1 Å². The third kappa shape index (κ3) is 2.81. The molecule has 0 fully saturated rings. The second-order valence-corrected chi connectivity index (χ2v) is 5.83. The molecule has 1 N–H and O–H groups in total. The Bertz CT molecular complexity index is 685. The molecule has 1 nitrogen and oxygen atoms in total. The standard InChI is InChI=1S/C17H15ClF2O/c18-14-9-15(19)13(8-16(14)20)17(21)12-6-5-10-3-1-2-4-11(10)7-12/h5-9,17,21H,1-4H2. The highest BCUT2D eigenvalue weighted by Crippen LogP contribution is 2.31. The van der Waals surface area contributed by atoms with Crippen molar-refractivity contribution in [2.45, 2.75) is 31.8 Å². The first kappa shape index (κ1) is 14.5. The van der Waals surface area contributed by atoms with Crippen LogP contribution in [0.1, 0.15) is 41.2 Å². The summed E-state index contributed by atoms with van der Waals surface area (Å²) in [5.41, 5.74) is 2.96. The van der Waals surface area contributed by atoms with Gasteiger partial charge in [-0.05, 0) is 54.5 Å². The van der Waals surface area contributed by atoms with Gasteiger partial charge in [-0.1, -0.05) is 29.8 Å². The van der Waals surface area contributed by atoms with Gasteiger partial charge in [0.25, 0.3) is 0 Å². The van der Waals surface area contributed by atoms with Gasteiger partial charge in [0, 0.05) is 5.56 Å². The smallest absolute Gasteiger partial charge is 0.142 e. The number of hydrogen-bond donors (Lipinski definition) is 1. The second kappa shape index (κ2) is 5.74. The van der Waals surface area contributed by atoms with Crippen LogP contribution in [0.3, 0.4) is 0 Å². The van der Waals surface area contributed by atoms with Crippen LogP contribution in [0.15, 0.2) is 30.3 Å². The van der Waals surface area contributed by atoms with E-state index in [4.69, 9.17) is 11.6 Å². The van der Waals surface area contributed by atoms with Crippen LogP contribution in [0.25, 0.3) is 0 Å². The lowest BCUT2D eigenvalue weighted by Crippen LogP contribution is -2.07. The predicted octanol–water partition coefficient (Wildman–Crippen LogP) is 4.58. The molecule has 1 aliphatic carbocycles. The van der Waals surface area contributed by atoms with E-state index in [1.54, 1.807) is 6.07 Å². The third-order valence-electron chi connectivity index (χ3n) is 4.02. The van der Waals surface area contributed by atoms with E-state index in [1.165, 1.54) is 17.5 Å². The van der Waals surface area contributed by atoms with Crippen molar-refractivity contribution >= 4 is 11.6 Å². The third-order valence-corrected chi connectivity index (χ3v) is 4.31. The summed E-state index contributed by atoms with van der Waals surface area (Å²) in [6.45, 7) is 0. The van der Waals surface area contributed by atoms with Gasteiger partial charge in [-0.2, -0.15) is 0 Å². The molecule has 0 spiro atoms. The first-order valence-electron chi connectivity index (χ1n) is 7.00. The summed E-state index contributed by atoms with van der Waals surface area (Å²) in [5.74, 6) is -1.43. The van der Waals surface area contributed by atoms with E-state index in [9.17, 15) is 13.9 Å². The fraction of sp³-hybridized carbons (Fsp3) is 0.294. The van der Waals surface area contributed by atoms with Gasteiger partial charge in [0.15, 0.2) is 0 Å². The molecule has 2 aromatic carbocycles. The second-order valence-electron chi connectivity index (χ2n) is 5.43. The summed E-state index contributed by atoms with van der Waals surface area (Å²) in [6.07, 6.45) is 3.11. The lowest BCUT2D eigenvalue weighted by molar-refractivity contribution is 0.214. The molecule has 0 aliphatic heterocycles. The van der Waals surface area contributed by atoms with E-state index < -0.39 is 17.7 Å². The van der Waals surface area contributed by atoms with Crippen LogP contribution in [0.2, 0.25) is 5.02 Å². The van der Waals surface area contributed by atoms with Crippen LogP contribution in [0.5, 0.6) is 0 Å². The molecule has 110 valence electrons. The Balaban J connectivity index is 1.98. The Morgan fingerprint density at radius 3 is 2.43 bits per heavy atom. The Morgan fingerprint density at radius 1 is 0.952 bits per heavy atom. The van der Waals surface area contributed by atoms with Gasteiger partial charge < -0.3 is 5.11 Å². The van der Waals surface area contributed by atoms with E-state index in [2.05, 4.69) is 0 Å². The minimum atomic E-state index is -1.19. The van der Waals surface area contributed by atoms with E-state index in [0.717, 1.165) is 31.4 Å². The monoisotopic (exact) mass is 308 g/mol. The summed E-state index contributed by atoms with van der Waals surface area (Å²) in [6, 6.07) is 7.50. The highest BCUT2D eigenvalue weighted by Gasteiger charge is 2.19. The average Bonchev–Trinajstić information content (AvgIpc) is 2.50. The minimum Gasteiger partial charge on any atom is -0.384 e. The molecule has 0 bridgehead atoms. The highest BCUT2D eigenvalue weighted by molar-refractivity contribution is 6.30. The first-order valence-corrected chi connectivity index (χ1v) is 7.38. The molecular formula is C17H15ClF2O. The minimum absolute atomic E-state index is 0.0901. The van der Waals surface area contributed by atoms with Gasteiger partial charge in [-0.3, -0.25) is 0 Å². The van der Waals surface area contributed by atoms with Gasteiger partial charge in [0.2, 0.25) is 0 Å². The molecule has 0 amide bonds. The average molecular weight is 309 g/mol. The topological polar surface area (TPSA) is 20.2 Å². The van der Waals surface area contributed by atoms with Gasteiger partial charge in [-0.25, -0.2) is 8.78 Å². The maximum atomic E-state index is 13.9. The lowest BCUT2D eigenvalue weighted by Gasteiger charge is -2.19. The summed E-state index contributed by atoms with van der Waals surface area (Å²) < 4.78 is 27.4. The molecule has 0 radical (unpaired) electrons. The van der Waals surface area contributed by atoms with Gasteiger partial charge in [0.1, 0.15) is 17.7 Å². The number of aryl methyl sites for hydroxylation is 2. The van der Waals surface area contributed by atoms with Crippen molar-refractivity contribution < 1.29 is 13.9 Å². The van der Waals surface area contributed by atoms with Crippen molar-refractivity contribution in [2.75, 3.05) is 0 Å². The van der Waals surface area contributed by atoms with E-state index in [0.29, 0.717) is 5.56 Å². The maximum absolute atomic E-state index is 13.9. The zero-order chi connectivity index (χ0) is 15.0. The van der Waals surface area contributed by atoms with Crippen molar-refractivity contribution in [3.63, 3.8) is 0 Å². The fourth-order valence-corrected chi connectivity index (χ4v) is 3.00. The number of rotatable bonds is 2. The first-order chi connectivity index (χ1) is 10.1. The van der Waals surface area contributed by atoms with Gasteiger partial charge in [0.05, 0.1) is 5.02 Å². The van der Waals surface area contributed by atoms with Crippen LogP contribution in [-0.4, -0.2) is 5.11 Å². The summed E-state index contributed by atoms with van der Waals surface area (Å²) in [4.78, 5) is 0. The zero-order valence-corrected chi connectivity index (χ0v) is 12.1. The largest absolute Gasteiger partial charge is 0.384 e. The molecule has 1 aliphatic rings. The fourth-order valence-electron chi connectivity index (χ4n) is 2.85. The molecule has 21 heavy (non-hydrogen) atoms. The molecule has 0 saturated carbocycles. The van der Waals surface area contributed by atoms with Crippen LogP contribution in [0.4, 0.5) is 8.78 Å². The highest BCUT2D eigenvalue weighted by atomic mass is 35.5. The Morgan fingerprint density at radius 2 is 1.67 bits per heavy atom. The number of fused-ring (bicyclic) bond motifs is 1. The van der Waals surface area contributed by atoms with Crippen molar-refractivity contribution in [3.8, 4) is 0 Å². The quantitative estimate of drug-likeness (QED) is 0.805. The summed E-state index contributed by atoms with van der Waals surface area (Å²) in [7, 11) is 0. The normalized spacial score (nSPS) is 15.6. The molecule has 3 rings (SSSR count). The summed E-state index contributed by atoms with van der Waals surface area (Å²) in [5, 5.41) is 10.1. The molecule has 0 aromatic heterocycles. The molecule has 1 atom stereocenters. The molecule has 0 saturated heterocycles. The predicted molar refractivity (Wildman–Crippen MR) is 78.5 cm³/mol. The van der Waals surface area contributed by atoms with Crippen molar-refractivity contribution in [1.82, 2.24) is 0 Å². The Hall–Kier alpha value is -1.45. The maximum Gasteiger partial charge on any atom is 0.142 e. The molecular weight excluding hydrogens is 294 g/mol. The van der Waals surface area contributed by atoms with Crippen LogP contribution in [-0.2, 0) is 12.8 Å². The number of benzene rings is 2. The van der Waals surface area contributed by atoms with Crippen molar-refractivity contribution in [2.24, 2.45) is 0 Å². The van der Waals surface area contributed by atoms with E-state index in [-0.39, 0.29) is 10.6 Å². The van der Waals surface area contributed by atoms with Gasteiger partial charge in [-0.15, -0.1) is 0 Å². The van der Waals surface area contributed by atoms with Crippen molar-refractivity contribution in [3.05, 3.63) is 69.2 Å². The number of aliphatic hydroxyl groups excluding tert-OH is 1. The molecule has 4 heteroatoms. The SMILES string of the molecule is OC(c1ccc2c(c1)CCCC2)c1cc(F)c(Cl)cc1F. The van der Waals surface area contributed by atoms with Crippen molar-refractivity contribution in [1.29, 1.82) is 0 Å². The van der Waals surface area contributed by atoms with Crippen LogP contribution in [0, 0.1) is 11.6 Å². The molecule has 1 unspecified atom stereocenters. The molecule has 0 heterocycles. The van der Waals surface area contributed by atoms with Crippen LogP contribution >= 0.6 is 11.6 Å². The number of hydrogen-bond acceptors (Lipinski definition) is 1. The van der Waals surface area contributed by atoms with Gasteiger partial charge >= 0.3 is 0 Å². The van der Waals surface area contributed by atoms with E-state index >= 15 is 0 Å². The number of aliphatic hydroxyl groups is 1. The molecule has 2 aromatic rings. The number of halogens is 3. The zero-order valence-electron chi connectivity index (χ0n) is 11.4. The summed E-state index contributed by atoms with van der Waals surface area (Å²) >= 11 is 5.53. The Kier molecular flexibility index (Phi) is 3.96. The lowest BCUT2D eigenvalue weighted by atomic mass is 9.88. The Labute approximate surface area is 127 Å². The van der Waals surface area contributed by atoms with Crippen LogP contribution < -0.4 is 0 Å².